The maximum absolute atomic E-state index is 11.9. The average Bonchev–Trinajstić information content (AvgIpc) is 2.79. The largest absolute Gasteiger partial charge is 0.383 e. The summed E-state index contributed by atoms with van der Waals surface area (Å²) in [5.41, 5.74) is 8.79. The van der Waals surface area contributed by atoms with E-state index in [2.05, 4.69) is 31.2 Å². The second-order valence-corrected chi connectivity index (χ2v) is 7.42. The quantitative estimate of drug-likeness (QED) is 0.306. The third kappa shape index (κ3) is 7.00. The number of anilines is 3. The number of rotatable bonds is 12. The Labute approximate surface area is 188 Å². The van der Waals surface area contributed by atoms with E-state index in [1.54, 1.807) is 0 Å². The van der Waals surface area contributed by atoms with Gasteiger partial charge in [-0.05, 0) is 18.9 Å². The van der Waals surface area contributed by atoms with Gasteiger partial charge in [0.05, 0.1) is 17.7 Å². The Kier molecular flexibility index (Phi) is 9.52. The van der Waals surface area contributed by atoms with Crippen molar-refractivity contribution in [2.24, 2.45) is 0 Å². The molecule has 1 aromatic heterocycles. The SMILES string of the molecule is CNC(=O)CNC(=O)CCC(=O)NCCCCN(C)c1c(NC)c(N)nc2ccccc12. The number of carbonyl (C=O) groups is 3. The number of hydrogen-bond donors (Lipinski definition) is 5. The van der Waals surface area contributed by atoms with Crippen LogP contribution in [0.5, 0.6) is 0 Å². The lowest BCUT2D eigenvalue weighted by Gasteiger charge is -2.25. The van der Waals surface area contributed by atoms with E-state index < -0.39 is 0 Å². The molecule has 2 rings (SSSR count). The summed E-state index contributed by atoms with van der Waals surface area (Å²) in [6.07, 6.45) is 1.80. The molecule has 6 N–H and O–H groups in total. The number of hydrogen-bond acceptors (Lipinski definition) is 7. The van der Waals surface area contributed by atoms with Gasteiger partial charge in [-0.15, -0.1) is 0 Å². The molecule has 0 unspecified atom stereocenters. The van der Waals surface area contributed by atoms with E-state index >= 15 is 0 Å². The number of nitrogens with one attached hydrogen (secondary N) is 4. The average molecular weight is 444 g/mol. The number of likely N-dealkylation sites (N-methyl/N-ethyl adjacent to an activating group) is 1. The van der Waals surface area contributed by atoms with Crippen LogP contribution in [0.2, 0.25) is 0 Å². The van der Waals surface area contributed by atoms with Crippen LogP contribution in [0.25, 0.3) is 10.9 Å². The third-order valence-corrected chi connectivity index (χ3v) is 5.07. The molecule has 0 aliphatic carbocycles. The van der Waals surface area contributed by atoms with Crippen LogP contribution >= 0.6 is 0 Å². The molecule has 0 bridgehead atoms. The molecule has 0 saturated carbocycles. The summed E-state index contributed by atoms with van der Waals surface area (Å²) in [6, 6.07) is 7.88. The highest BCUT2D eigenvalue weighted by molar-refractivity contribution is 6.01. The third-order valence-electron chi connectivity index (χ3n) is 5.07. The summed E-state index contributed by atoms with van der Waals surface area (Å²) in [7, 11) is 5.33. The molecule has 0 fully saturated rings. The first-order valence-electron chi connectivity index (χ1n) is 10.7. The van der Waals surface area contributed by atoms with Crippen LogP contribution in [0.3, 0.4) is 0 Å². The van der Waals surface area contributed by atoms with E-state index in [1.165, 1.54) is 7.05 Å². The first-order chi connectivity index (χ1) is 15.4. The normalized spacial score (nSPS) is 10.5. The first kappa shape index (κ1) is 24.7. The Hall–Kier alpha value is -3.56. The zero-order valence-corrected chi connectivity index (χ0v) is 19.0. The number of unbranched alkanes of at least 4 members (excludes halogenated alkanes) is 1. The van der Waals surface area contributed by atoms with E-state index in [9.17, 15) is 14.4 Å². The molecular formula is C22H33N7O3. The number of nitrogens with two attached hydrogens (primary N) is 1. The van der Waals surface area contributed by atoms with Gasteiger partial charge in [0.2, 0.25) is 17.7 Å². The molecule has 2 aromatic rings. The van der Waals surface area contributed by atoms with Crippen LogP contribution < -0.4 is 31.9 Å². The fourth-order valence-corrected chi connectivity index (χ4v) is 3.34. The van der Waals surface area contributed by atoms with Crippen molar-refractivity contribution in [2.75, 3.05) is 56.7 Å². The van der Waals surface area contributed by atoms with E-state index in [1.807, 2.05) is 38.4 Å². The minimum Gasteiger partial charge on any atom is -0.383 e. The van der Waals surface area contributed by atoms with Crippen molar-refractivity contribution in [3.63, 3.8) is 0 Å². The monoisotopic (exact) mass is 443 g/mol. The molecule has 174 valence electrons. The molecule has 10 nitrogen and oxygen atoms in total. The number of carbonyl (C=O) groups excluding carboxylic acids is 3. The van der Waals surface area contributed by atoms with Crippen molar-refractivity contribution in [3.8, 4) is 0 Å². The van der Waals surface area contributed by atoms with E-state index in [4.69, 9.17) is 5.73 Å². The minimum absolute atomic E-state index is 0.0505. The van der Waals surface area contributed by atoms with Gasteiger partial charge in [-0.1, -0.05) is 18.2 Å². The maximum atomic E-state index is 11.9. The molecule has 1 aromatic carbocycles. The van der Waals surface area contributed by atoms with Gasteiger partial charge in [0.1, 0.15) is 11.5 Å². The maximum Gasteiger partial charge on any atom is 0.239 e. The van der Waals surface area contributed by atoms with Gasteiger partial charge in [0, 0.05) is 52.5 Å². The summed E-state index contributed by atoms with van der Waals surface area (Å²) >= 11 is 0. The number of fused-ring (bicyclic) bond motifs is 1. The number of nitrogen functional groups attached to an aromatic ring is 1. The van der Waals surface area contributed by atoms with Gasteiger partial charge in [-0.3, -0.25) is 14.4 Å². The number of benzene rings is 1. The van der Waals surface area contributed by atoms with Crippen LogP contribution in [0, 0.1) is 0 Å². The van der Waals surface area contributed by atoms with Crippen LogP contribution in [-0.4, -0.2) is 63.5 Å². The predicted molar refractivity (Wildman–Crippen MR) is 128 cm³/mol. The Morgan fingerprint density at radius 1 is 1.00 bits per heavy atom. The van der Waals surface area contributed by atoms with Crippen molar-refractivity contribution in [1.82, 2.24) is 20.9 Å². The lowest BCUT2D eigenvalue weighted by molar-refractivity contribution is -0.128. The number of para-hydroxylation sites is 1. The molecule has 0 radical (unpaired) electrons. The number of aromatic nitrogens is 1. The van der Waals surface area contributed by atoms with Gasteiger partial charge in [0.15, 0.2) is 0 Å². The smallest absolute Gasteiger partial charge is 0.239 e. The van der Waals surface area contributed by atoms with Gasteiger partial charge >= 0.3 is 0 Å². The molecule has 1 heterocycles. The van der Waals surface area contributed by atoms with Crippen molar-refractivity contribution < 1.29 is 14.4 Å². The molecule has 10 heteroatoms. The van der Waals surface area contributed by atoms with Crippen molar-refractivity contribution in [1.29, 1.82) is 0 Å². The summed E-state index contributed by atoms with van der Waals surface area (Å²) in [4.78, 5) is 41.2. The van der Waals surface area contributed by atoms with Gasteiger partial charge in [0.25, 0.3) is 0 Å². The zero-order valence-electron chi connectivity index (χ0n) is 19.0. The topological polar surface area (TPSA) is 141 Å². The second-order valence-electron chi connectivity index (χ2n) is 7.42. The van der Waals surface area contributed by atoms with Crippen LogP contribution in [0.15, 0.2) is 24.3 Å². The summed E-state index contributed by atoms with van der Waals surface area (Å²) in [5.74, 6) is -0.329. The Morgan fingerprint density at radius 2 is 1.69 bits per heavy atom. The lowest BCUT2D eigenvalue weighted by atomic mass is 10.1. The highest BCUT2D eigenvalue weighted by atomic mass is 16.2. The van der Waals surface area contributed by atoms with Crippen molar-refractivity contribution >= 4 is 45.8 Å². The van der Waals surface area contributed by atoms with Crippen LogP contribution in [-0.2, 0) is 14.4 Å². The lowest BCUT2D eigenvalue weighted by Crippen LogP contribution is -2.35. The van der Waals surface area contributed by atoms with Gasteiger partial charge < -0.3 is 31.9 Å². The molecule has 0 spiro atoms. The first-order valence-corrected chi connectivity index (χ1v) is 10.7. The summed E-state index contributed by atoms with van der Waals surface area (Å²) < 4.78 is 0. The molecule has 0 aliphatic rings. The highest BCUT2D eigenvalue weighted by Crippen LogP contribution is 2.36. The Bertz CT molecular complexity index is 949. The summed E-state index contributed by atoms with van der Waals surface area (Å²) in [6.45, 7) is 1.22. The molecule has 32 heavy (non-hydrogen) atoms. The minimum atomic E-state index is -0.324. The fourth-order valence-electron chi connectivity index (χ4n) is 3.34. The second kappa shape index (κ2) is 12.3. The Balaban J connectivity index is 1.76. The van der Waals surface area contributed by atoms with E-state index in [-0.39, 0.29) is 37.1 Å². The fraction of sp³-hybridized carbons (Fsp3) is 0.455. The molecule has 3 amide bonds. The number of amides is 3. The van der Waals surface area contributed by atoms with Crippen LogP contribution in [0.1, 0.15) is 25.7 Å². The molecule has 0 aliphatic heterocycles. The van der Waals surface area contributed by atoms with Crippen molar-refractivity contribution in [3.05, 3.63) is 24.3 Å². The summed E-state index contributed by atoms with van der Waals surface area (Å²) in [5, 5.41) is 11.9. The predicted octanol–water partition coefficient (Wildman–Crippen LogP) is 0.834. The van der Waals surface area contributed by atoms with Gasteiger partial charge in [-0.2, -0.15) is 0 Å². The molecular weight excluding hydrogens is 410 g/mol. The highest BCUT2D eigenvalue weighted by Gasteiger charge is 2.15. The Morgan fingerprint density at radius 3 is 2.38 bits per heavy atom. The number of pyridine rings is 1. The van der Waals surface area contributed by atoms with Gasteiger partial charge in [-0.25, -0.2) is 4.98 Å². The number of nitrogens with zero attached hydrogens (tertiary/aromatic N) is 2. The standard InChI is InChI=1S/C22H33N7O3/c1-24-19(32)14-27-18(31)11-10-17(30)26-12-6-7-13-29(3)21-15-8-4-5-9-16(15)28-22(23)20(21)25-2/h4-5,8-9,25H,6-7,10-14H2,1-3H3,(H2,23,28)(H,24,32)(H,26,30)(H,27,31). The van der Waals surface area contributed by atoms with Crippen LogP contribution in [0.4, 0.5) is 17.2 Å². The molecule has 0 saturated heterocycles. The van der Waals surface area contributed by atoms with E-state index in [0.29, 0.717) is 12.4 Å². The van der Waals surface area contributed by atoms with E-state index in [0.717, 1.165) is 41.7 Å². The molecule has 0 atom stereocenters. The zero-order chi connectivity index (χ0) is 23.5. The van der Waals surface area contributed by atoms with Crippen molar-refractivity contribution in [2.45, 2.75) is 25.7 Å².